The summed E-state index contributed by atoms with van der Waals surface area (Å²) in [6.07, 6.45) is 0. The molecule has 0 aliphatic rings. The highest BCUT2D eigenvalue weighted by molar-refractivity contribution is 6.31. The molecule has 0 radical (unpaired) electrons. The van der Waals surface area contributed by atoms with Crippen LogP contribution in [0, 0.1) is 0 Å². The summed E-state index contributed by atoms with van der Waals surface area (Å²) in [6.45, 7) is 1.61. The van der Waals surface area contributed by atoms with Gasteiger partial charge in [-0.2, -0.15) is 0 Å². The number of carbonyl (C=O) groups is 1. The molecule has 0 heterocycles. The highest BCUT2D eigenvalue weighted by Crippen LogP contribution is 2.43. The fourth-order valence-electron chi connectivity index (χ4n) is 2.99. The Morgan fingerprint density at radius 3 is 1.81 bits per heavy atom. The van der Waals surface area contributed by atoms with Gasteiger partial charge in [0.2, 0.25) is 0 Å². The van der Waals surface area contributed by atoms with E-state index in [1.807, 2.05) is 78.9 Å². The van der Waals surface area contributed by atoms with E-state index < -0.39 is 17.6 Å². The molecule has 0 saturated carbocycles. The number of esters is 1. The maximum absolute atomic E-state index is 12.6. The molecule has 0 aliphatic carbocycles. The van der Waals surface area contributed by atoms with Gasteiger partial charge in [-0.25, -0.2) is 0 Å². The Bertz CT molecular complexity index is 839. The Labute approximate surface area is 158 Å². The minimum Gasteiger partial charge on any atom is -0.443 e. The van der Waals surface area contributed by atoms with E-state index in [9.17, 15) is 4.79 Å². The van der Waals surface area contributed by atoms with Gasteiger partial charge >= 0.3 is 5.97 Å². The van der Waals surface area contributed by atoms with Crippen molar-refractivity contribution >= 4 is 17.6 Å². The standard InChI is InChI=1S/C22H20ClNO2/c1-16(24)21(25)26-22(17-10-4-2-5-11-17,18-12-6-3-7-13-18)19-14-8-9-15-20(19)23/h2-16H,24H2,1H3/t16-/m1/s1. The first-order chi connectivity index (χ1) is 12.6. The zero-order valence-electron chi connectivity index (χ0n) is 14.4. The second-order valence-corrected chi connectivity index (χ2v) is 6.51. The second-order valence-electron chi connectivity index (χ2n) is 6.10. The van der Waals surface area contributed by atoms with Crippen LogP contribution in [0.1, 0.15) is 23.6 Å². The smallest absolute Gasteiger partial charge is 0.324 e. The van der Waals surface area contributed by atoms with Gasteiger partial charge in [0.25, 0.3) is 0 Å². The molecule has 0 bridgehead atoms. The largest absolute Gasteiger partial charge is 0.443 e. The molecule has 0 saturated heterocycles. The summed E-state index contributed by atoms with van der Waals surface area (Å²) in [5, 5.41) is 0.512. The number of ether oxygens (including phenoxy) is 1. The molecule has 0 aromatic heterocycles. The van der Waals surface area contributed by atoms with Crippen molar-refractivity contribution in [1.29, 1.82) is 0 Å². The van der Waals surface area contributed by atoms with E-state index in [0.29, 0.717) is 10.6 Å². The molecule has 0 amide bonds. The number of nitrogens with two attached hydrogens (primary N) is 1. The van der Waals surface area contributed by atoms with Crippen LogP contribution in [-0.4, -0.2) is 12.0 Å². The molecular formula is C22H20ClNO2. The highest BCUT2D eigenvalue weighted by Gasteiger charge is 2.42. The fraction of sp³-hybridized carbons (Fsp3) is 0.136. The van der Waals surface area contributed by atoms with Crippen LogP contribution in [-0.2, 0) is 15.1 Å². The van der Waals surface area contributed by atoms with Crippen molar-refractivity contribution in [3.8, 4) is 0 Å². The molecule has 4 heteroatoms. The summed E-state index contributed by atoms with van der Waals surface area (Å²) in [6, 6.07) is 25.8. The van der Waals surface area contributed by atoms with Crippen LogP contribution in [0.2, 0.25) is 5.02 Å². The summed E-state index contributed by atoms with van der Waals surface area (Å²) in [5.41, 5.74) is 6.91. The van der Waals surface area contributed by atoms with Crippen molar-refractivity contribution in [2.24, 2.45) is 5.73 Å². The van der Waals surface area contributed by atoms with E-state index in [-0.39, 0.29) is 0 Å². The average molecular weight is 366 g/mol. The van der Waals surface area contributed by atoms with Crippen molar-refractivity contribution in [1.82, 2.24) is 0 Å². The molecule has 0 fully saturated rings. The molecule has 3 aromatic carbocycles. The van der Waals surface area contributed by atoms with Gasteiger partial charge in [-0.1, -0.05) is 90.5 Å². The van der Waals surface area contributed by atoms with E-state index in [0.717, 1.165) is 11.1 Å². The summed E-state index contributed by atoms with van der Waals surface area (Å²) in [4.78, 5) is 12.6. The van der Waals surface area contributed by atoms with Gasteiger partial charge in [0.05, 0.1) is 0 Å². The molecular weight excluding hydrogens is 346 g/mol. The zero-order chi connectivity index (χ0) is 18.6. The molecule has 3 nitrogen and oxygen atoms in total. The van der Waals surface area contributed by atoms with E-state index in [2.05, 4.69) is 0 Å². The minimum absolute atomic E-state index is 0.502. The SMILES string of the molecule is C[C@@H](N)C(=O)OC(c1ccccc1)(c1ccccc1)c1ccccc1Cl. The maximum Gasteiger partial charge on any atom is 0.324 e. The Morgan fingerprint density at radius 1 is 0.885 bits per heavy atom. The molecule has 3 aromatic rings. The highest BCUT2D eigenvalue weighted by atomic mass is 35.5. The molecule has 0 unspecified atom stereocenters. The minimum atomic E-state index is -1.19. The molecule has 3 rings (SSSR count). The predicted octanol–water partition coefficient (Wildman–Crippen LogP) is 4.52. The van der Waals surface area contributed by atoms with Gasteiger partial charge < -0.3 is 10.5 Å². The first-order valence-corrected chi connectivity index (χ1v) is 8.78. The lowest BCUT2D eigenvalue weighted by atomic mass is 9.80. The number of carbonyl (C=O) groups excluding carboxylic acids is 1. The number of hydrogen-bond donors (Lipinski definition) is 1. The van der Waals surface area contributed by atoms with Crippen molar-refractivity contribution in [3.05, 3.63) is 107 Å². The Kier molecular flexibility index (Phi) is 5.40. The van der Waals surface area contributed by atoms with Gasteiger partial charge in [-0.15, -0.1) is 0 Å². The third-order valence-corrected chi connectivity index (χ3v) is 4.57. The van der Waals surface area contributed by atoms with Gasteiger partial charge in [0.1, 0.15) is 6.04 Å². The average Bonchev–Trinajstić information content (AvgIpc) is 2.68. The quantitative estimate of drug-likeness (QED) is 0.534. The van der Waals surface area contributed by atoms with Crippen molar-refractivity contribution < 1.29 is 9.53 Å². The lowest BCUT2D eigenvalue weighted by Gasteiger charge is -2.36. The second kappa shape index (κ2) is 7.73. The zero-order valence-corrected chi connectivity index (χ0v) is 15.2. The Balaban J connectivity index is 2.35. The van der Waals surface area contributed by atoms with Crippen LogP contribution in [0.15, 0.2) is 84.9 Å². The third-order valence-electron chi connectivity index (χ3n) is 4.24. The lowest BCUT2D eigenvalue weighted by molar-refractivity contribution is -0.154. The van der Waals surface area contributed by atoms with E-state index in [1.165, 1.54) is 0 Å². The number of rotatable bonds is 5. The molecule has 26 heavy (non-hydrogen) atoms. The topological polar surface area (TPSA) is 52.3 Å². The van der Waals surface area contributed by atoms with Gasteiger partial charge in [0.15, 0.2) is 5.60 Å². The summed E-state index contributed by atoms with van der Waals surface area (Å²) in [5.74, 6) is -0.502. The van der Waals surface area contributed by atoms with Crippen LogP contribution in [0.4, 0.5) is 0 Å². The number of benzene rings is 3. The van der Waals surface area contributed by atoms with Crippen LogP contribution in [0.5, 0.6) is 0 Å². The van der Waals surface area contributed by atoms with Crippen LogP contribution in [0.3, 0.4) is 0 Å². The molecule has 2 N–H and O–H groups in total. The van der Waals surface area contributed by atoms with Gasteiger partial charge in [0, 0.05) is 21.7 Å². The van der Waals surface area contributed by atoms with Crippen LogP contribution >= 0.6 is 11.6 Å². The molecule has 0 aliphatic heterocycles. The van der Waals surface area contributed by atoms with Crippen molar-refractivity contribution in [2.45, 2.75) is 18.6 Å². The van der Waals surface area contributed by atoms with Crippen LogP contribution < -0.4 is 5.73 Å². The maximum atomic E-state index is 12.6. The van der Waals surface area contributed by atoms with Gasteiger partial charge in [-0.3, -0.25) is 4.79 Å². The molecule has 132 valence electrons. The third kappa shape index (κ3) is 3.36. The first kappa shape index (κ1) is 18.2. The van der Waals surface area contributed by atoms with Crippen molar-refractivity contribution in [2.75, 3.05) is 0 Å². The number of halogens is 1. The fourth-order valence-corrected chi connectivity index (χ4v) is 3.26. The summed E-state index contributed by atoms with van der Waals surface area (Å²) in [7, 11) is 0. The Hall–Kier alpha value is -2.62. The lowest BCUT2D eigenvalue weighted by Crippen LogP contribution is -2.40. The predicted molar refractivity (Wildman–Crippen MR) is 104 cm³/mol. The van der Waals surface area contributed by atoms with Crippen LogP contribution in [0.25, 0.3) is 0 Å². The summed E-state index contributed by atoms with van der Waals surface area (Å²) >= 11 is 6.55. The Morgan fingerprint density at radius 2 is 1.35 bits per heavy atom. The van der Waals surface area contributed by atoms with E-state index >= 15 is 0 Å². The van der Waals surface area contributed by atoms with E-state index in [4.69, 9.17) is 22.1 Å². The molecule has 1 atom stereocenters. The van der Waals surface area contributed by atoms with E-state index in [1.54, 1.807) is 13.0 Å². The normalized spacial score (nSPS) is 12.4. The monoisotopic (exact) mass is 365 g/mol. The number of hydrogen-bond acceptors (Lipinski definition) is 3. The molecule has 0 spiro atoms. The van der Waals surface area contributed by atoms with Gasteiger partial charge in [-0.05, 0) is 13.0 Å². The first-order valence-electron chi connectivity index (χ1n) is 8.40. The summed E-state index contributed by atoms with van der Waals surface area (Å²) < 4.78 is 6.09. The van der Waals surface area contributed by atoms with Crippen molar-refractivity contribution in [3.63, 3.8) is 0 Å².